The minimum absolute atomic E-state index is 0.0104. The highest BCUT2D eigenvalue weighted by Gasteiger charge is 2.30. The minimum atomic E-state index is -4.11. The Morgan fingerprint density at radius 3 is 2.21 bits per heavy atom. The second kappa shape index (κ2) is 10.6. The molecule has 0 spiro atoms. The number of anilines is 1. The summed E-state index contributed by atoms with van der Waals surface area (Å²) < 4.78 is 39.2. The normalized spacial score (nSPS) is 11.1. The van der Waals surface area contributed by atoms with Gasteiger partial charge in [0, 0.05) is 6.54 Å². The van der Waals surface area contributed by atoms with Crippen LogP contribution in [0, 0.1) is 20.8 Å². The van der Waals surface area contributed by atoms with Crippen LogP contribution < -0.4 is 19.1 Å². The van der Waals surface area contributed by atoms with E-state index in [2.05, 4.69) is 5.32 Å². The summed E-state index contributed by atoms with van der Waals surface area (Å²) in [5, 5.41) is 2.81. The van der Waals surface area contributed by atoms with Gasteiger partial charge in [0.25, 0.3) is 10.0 Å². The molecule has 0 aliphatic rings. The number of hydrogen-bond acceptors (Lipinski definition) is 5. The lowest BCUT2D eigenvalue weighted by molar-refractivity contribution is -0.119. The van der Waals surface area contributed by atoms with Crippen LogP contribution in [-0.2, 0) is 21.4 Å². The van der Waals surface area contributed by atoms with Crippen molar-refractivity contribution < 1.29 is 22.7 Å². The average Bonchev–Trinajstić information content (AvgIpc) is 2.83. The van der Waals surface area contributed by atoms with Gasteiger partial charge in [0.2, 0.25) is 5.91 Å². The van der Waals surface area contributed by atoms with Gasteiger partial charge in [-0.2, -0.15) is 0 Å². The Balaban J connectivity index is 1.93. The van der Waals surface area contributed by atoms with Crippen LogP contribution in [0.15, 0.2) is 65.6 Å². The summed E-state index contributed by atoms with van der Waals surface area (Å²) >= 11 is 0. The molecular formula is C26H30N2O5S. The molecule has 0 heterocycles. The molecule has 3 aromatic carbocycles. The van der Waals surface area contributed by atoms with Gasteiger partial charge in [0.1, 0.15) is 22.9 Å². The molecule has 34 heavy (non-hydrogen) atoms. The Kier molecular flexibility index (Phi) is 7.83. The predicted octanol–water partition coefficient (Wildman–Crippen LogP) is 4.14. The average molecular weight is 483 g/mol. The van der Waals surface area contributed by atoms with Crippen molar-refractivity contribution in [1.29, 1.82) is 0 Å². The molecule has 0 radical (unpaired) electrons. The maximum absolute atomic E-state index is 13.8. The number of hydrogen-bond donors (Lipinski definition) is 1. The van der Waals surface area contributed by atoms with Gasteiger partial charge in [0.05, 0.1) is 19.9 Å². The minimum Gasteiger partial charge on any atom is -0.497 e. The standard InChI is InChI=1S/C26H30N2O5S/c1-18-6-13-24(33-5)25(14-18)34(30,31)28(22-10-7-19(2)20(3)15-22)17-26(29)27-16-21-8-11-23(32-4)12-9-21/h6-15H,16-17H2,1-5H3,(H,27,29). The zero-order valence-electron chi connectivity index (χ0n) is 20.1. The van der Waals surface area contributed by atoms with E-state index in [1.807, 2.05) is 32.0 Å². The van der Waals surface area contributed by atoms with Gasteiger partial charge in [-0.05, 0) is 79.4 Å². The second-order valence-electron chi connectivity index (χ2n) is 8.06. The van der Waals surface area contributed by atoms with E-state index in [0.717, 1.165) is 26.6 Å². The molecule has 3 aromatic rings. The van der Waals surface area contributed by atoms with Crippen LogP contribution in [0.2, 0.25) is 0 Å². The number of benzene rings is 3. The van der Waals surface area contributed by atoms with E-state index < -0.39 is 15.9 Å². The first-order valence-electron chi connectivity index (χ1n) is 10.8. The first-order chi connectivity index (χ1) is 16.1. The molecule has 0 atom stereocenters. The first kappa shape index (κ1) is 25.1. The number of nitrogens with zero attached hydrogens (tertiary/aromatic N) is 1. The lowest BCUT2D eigenvalue weighted by Gasteiger charge is -2.26. The Morgan fingerprint density at radius 2 is 1.59 bits per heavy atom. The molecular weight excluding hydrogens is 452 g/mol. The van der Waals surface area contributed by atoms with Gasteiger partial charge >= 0.3 is 0 Å². The molecule has 1 amide bonds. The summed E-state index contributed by atoms with van der Waals surface area (Å²) in [5.41, 5.74) is 4.00. The highest BCUT2D eigenvalue weighted by Crippen LogP contribution is 2.31. The van der Waals surface area contributed by atoms with Gasteiger partial charge in [-0.1, -0.05) is 24.3 Å². The summed E-state index contributed by atoms with van der Waals surface area (Å²) in [6, 6.07) is 17.6. The van der Waals surface area contributed by atoms with Crippen molar-refractivity contribution in [2.24, 2.45) is 0 Å². The highest BCUT2D eigenvalue weighted by molar-refractivity contribution is 7.93. The van der Waals surface area contributed by atoms with Crippen molar-refractivity contribution >= 4 is 21.6 Å². The number of ether oxygens (including phenoxy) is 2. The maximum Gasteiger partial charge on any atom is 0.268 e. The lowest BCUT2D eigenvalue weighted by atomic mass is 10.1. The predicted molar refractivity (Wildman–Crippen MR) is 133 cm³/mol. The Bertz CT molecular complexity index is 1270. The molecule has 0 bridgehead atoms. The number of rotatable bonds is 9. The Hall–Kier alpha value is -3.52. The van der Waals surface area contributed by atoms with Crippen LogP contribution in [0.1, 0.15) is 22.3 Å². The molecule has 0 saturated heterocycles. The van der Waals surface area contributed by atoms with E-state index in [-0.39, 0.29) is 23.7 Å². The van der Waals surface area contributed by atoms with Gasteiger partial charge in [0.15, 0.2) is 0 Å². The summed E-state index contributed by atoms with van der Waals surface area (Å²) in [4.78, 5) is 12.9. The van der Waals surface area contributed by atoms with Crippen molar-refractivity contribution in [2.45, 2.75) is 32.2 Å². The Morgan fingerprint density at radius 1 is 0.882 bits per heavy atom. The quantitative estimate of drug-likeness (QED) is 0.496. The van der Waals surface area contributed by atoms with Crippen LogP contribution in [-0.4, -0.2) is 35.1 Å². The van der Waals surface area contributed by atoms with E-state index >= 15 is 0 Å². The number of sulfonamides is 1. The van der Waals surface area contributed by atoms with Crippen LogP contribution in [0.25, 0.3) is 0 Å². The van der Waals surface area contributed by atoms with E-state index in [1.54, 1.807) is 56.5 Å². The molecule has 0 unspecified atom stereocenters. The van der Waals surface area contributed by atoms with Crippen molar-refractivity contribution in [3.05, 3.63) is 82.9 Å². The monoisotopic (exact) mass is 482 g/mol. The third-order valence-electron chi connectivity index (χ3n) is 5.60. The van der Waals surface area contributed by atoms with E-state index in [1.165, 1.54) is 7.11 Å². The zero-order chi connectivity index (χ0) is 24.9. The first-order valence-corrected chi connectivity index (χ1v) is 12.2. The van der Waals surface area contributed by atoms with Gasteiger partial charge < -0.3 is 14.8 Å². The molecule has 0 fully saturated rings. The number of carbonyl (C=O) groups is 1. The van der Waals surface area contributed by atoms with Crippen molar-refractivity contribution in [3.8, 4) is 11.5 Å². The molecule has 180 valence electrons. The summed E-state index contributed by atoms with van der Waals surface area (Å²) in [5.74, 6) is 0.511. The van der Waals surface area contributed by atoms with Crippen LogP contribution in [0.4, 0.5) is 5.69 Å². The fraction of sp³-hybridized carbons (Fsp3) is 0.269. The fourth-order valence-electron chi connectivity index (χ4n) is 3.43. The van der Waals surface area contributed by atoms with Crippen LogP contribution in [0.3, 0.4) is 0 Å². The van der Waals surface area contributed by atoms with E-state index in [0.29, 0.717) is 11.4 Å². The fourth-order valence-corrected chi connectivity index (χ4v) is 5.09. The summed E-state index contributed by atoms with van der Waals surface area (Å²) in [6.07, 6.45) is 0. The largest absolute Gasteiger partial charge is 0.497 e. The SMILES string of the molecule is COc1ccc(CNC(=O)CN(c2ccc(C)c(C)c2)S(=O)(=O)c2cc(C)ccc2OC)cc1. The third-order valence-corrected chi connectivity index (χ3v) is 7.40. The number of methoxy groups -OCH3 is 2. The molecule has 8 heteroatoms. The second-order valence-corrected chi connectivity index (χ2v) is 9.89. The topological polar surface area (TPSA) is 84.9 Å². The third kappa shape index (κ3) is 5.69. The van der Waals surface area contributed by atoms with Gasteiger partial charge in [-0.15, -0.1) is 0 Å². The molecule has 0 saturated carbocycles. The molecule has 1 N–H and O–H groups in total. The van der Waals surface area contributed by atoms with Crippen molar-refractivity contribution in [1.82, 2.24) is 5.32 Å². The number of carbonyl (C=O) groups excluding carboxylic acids is 1. The highest BCUT2D eigenvalue weighted by atomic mass is 32.2. The maximum atomic E-state index is 13.8. The number of nitrogens with one attached hydrogen (secondary N) is 1. The van der Waals surface area contributed by atoms with Gasteiger partial charge in [-0.25, -0.2) is 8.42 Å². The van der Waals surface area contributed by atoms with Crippen LogP contribution >= 0.6 is 0 Å². The molecule has 0 aliphatic carbocycles. The summed E-state index contributed by atoms with van der Waals surface area (Å²) in [6.45, 7) is 5.54. The Labute approximate surface area is 201 Å². The molecule has 3 rings (SSSR count). The molecule has 0 aromatic heterocycles. The summed E-state index contributed by atoms with van der Waals surface area (Å²) in [7, 11) is -1.10. The number of aryl methyl sites for hydroxylation is 3. The van der Waals surface area contributed by atoms with Crippen molar-refractivity contribution in [2.75, 3.05) is 25.1 Å². The number of amides is 1. The zero-order valence-corrected chi connectivity index (χ0v) is 20.9. The van der Waals surface area contributed by atoms with Crippen molar-refractivity contribution in [3.63, 3.8) is 0 Å². The smallest absolute Gasteiger partial charge is 0.268 e. The lowest BCUT2D eigenvalue weighted by Crippen LogP contribution is -2.40. The van der Waals surface area contributed by atoms with E-state index in [4.69, 9.17) is 9.47 Å². The van der Waals surface area contributed by atoms with Gasteiger partial charge in [-0.3, -0.25) is 9.10 Å². The van der Waals surface area contributed by atoms with Crippen LogP contribution in [0.5, 0.6) is 11.5 Å². The molecule has 7 nitrogen and oxygen atoms in total. The molecule has 0 aliphatic heterocycles. The van der Waals surface area contributed by atoms with E-state index in [9.17, 15) is 13.2 Å².